The predicted molar refractivity (Wildman–Crippen MR) is 108 cm³/mol. The van der Waals surface area contributed by atoms with E-state index in [0.29, 0.717) is 12.0 Å². The monoisotopic (exact) mass is 394 g/mol. The van der Waals surface area contributed by atoms with Gasteiger partial charge in [-0.2, -0.15) is 0 Å². The quantitative estimate of drug-likeness (QED) is 0.299. The van der Waals surface area contributed by atoms with Crippen LogP contribution in [0.2, 0.25) is 0 Å². The van der Waals surface area contributed by atoms with Crippen molar-refractivity contribution in [3.63, 3.8) is 0 Å². The minimum Gasteiger partial charge on any atom is -0.392 e. The molecule has 0 amide bonds. The molecule has 2 aliphatic rings. The number of aliphatic hydroxyl groups excluding tert-OH is 5. The van der Waals surface area contributed by atoms with Crippen LogP contribution >= 0.6 is 0 Å². The third kappa shape index (κ3) is 5.00. The Hall–Kier alpha value is -1.28. The second-order valence-electron chi connectivity index (χ2n) is 8.16. The normalized spacial score (nSPS) is 32.3. The zero-order valence-electron chi connectivity index (χ0n) is 17.2. The van der Waals surface area contributed by atoms with Crippen LogP contribution < -0.4 is 0 Å². The maximum Gasteiger partial charge on any atom is 0.156 e. The number of hydrogen-bond donors (Lipinski definition) is 5. The molecule has 0 aromatic rings. The van der Waals surface area contributed by atoms with Gasteiger partial charge in [0.05, 0.1) is 12.7 Å². The zero-order chi connectivity index (χ0) is 21.1. The molecule has 5 N–H and O–H groups in total. The van der Waals surface area contributed by atoms with E-state index in [2.05, 4.69) is 19.9 Å². The lowest BCUT2D eigenvalue weighted by Crippen LogP contribution is -2.48. The Morgan fingerprint density at radius 1 is 1.18 bits per heavy atom. The van der Waals surface area contributed by atoms with Crippen molar-refractivity contribution in [3.8, 4) is 0 Å². The number of fused-ring (bicyclic) bond motifs is 1. The van der Waals surface area contributed by atoms with E-state index in [1.165, 1.54) is 23.3 Å². The highest BCUT2D eigenvalue weighted by Gasteiger charge is 2.69. The Morgan fingerprint density at radius 3 is 2.46 bits per heavy atom. The van der Waals surface area contributed by atoms with Gasteiger partial charge in [-0.1, -0.05) is 29.4 Å². The van der Waals surface area contributed by atoms with E-state index in [1.807, 2.05) is 13.0 Å². The maximum atomic E-state index is 10.6. The van der Waals surface area contributed by atoms with Crippen molar-refractivity contribution in [1.82, 2.24) is 0 Å². The topological polar surface area (TPSA) is 114 Å². The van der Waals surface area contributed by atoms with Gasteiger partial charge in [0.2, 0.25) is 0 Å². The Morgan fingerprint density at radius 2 is 1.86 bits per heavy atom. The summed E-state index contributed by atoms with van der Waals surface area (Å²) >= 11 is 0. The predicted octanol–water partition coefficient (Wildman–Crippen LogP) is 1.53. The smallest absolute Gasteiger partial charge is 0.156 e. The summed E-state index contributed by atoms with van der Waals surface area (Å²) in [5.41, 5.74) is 2.02. The molecule has 6 nitrogen and oxygen atoms in total. The molecule has 0 radical (unpaired) electrons. The SMILES string of the molecule is CC(C)=CCC/C(C)=C/C[C@H](O)/C(C)=C/[C@H](O)[C@]12O[C@H]1[C@@H](O)C(CO)=C[C@@H]2O. The van der Waals surface area contributed by atoms with Crippen LogP contribution in [-0.2, 0) is 4.74 Å². The first kappa shape index (κ1) is 23.0. The van der Waals surface area contributed by atoms with Gasteiger partial charge in [0.25, 0.3) is 0 Å². The van der Waals surface area contributed by atoms with Gasteiger partial charge >= 0.3 is 0 Å². The lowest BCUT2D eigenvalue weighted by molar-refractivity contribution is 0.0261. The van der Waals surface area contributed by atoms with E-state index in [0.717, 1.165) is 12.8 Å². The standard InChI is InChI=1S/C22H34O6/c1-13(2)6-5-7-14(3)8-9-17(24)15(4)10-18(25)22-19(26)11-16(12-23)20(27)21(22)28-22/h6,8,10-11,17-21,23-27H,5,7,9,12H2,1-4H3/b14-8+,15-10+/t17-,18-,19-,20-,21-,22+/m0/s1. The van der Waals surface area contributed by atoms with Gasteiger partial charge in [0.1, 0.15) is 24.4 Å². The van der Waals surface area contributed by atoms with Crippen molar-refractivity contribution in [2.24, 2.45) is 0 Å². The molecule has 0 spiro atoms. The Bertz CT molecular complexity index is 673. The highest BCUT2D eigenvalue weighted by Crippen LogP contribution is 2.50. The van der Waals surface area contributed by atoms with Crippen LogP contribution in [-0.4, -0.2) is 68.3 Å². The summed E-state index contributed by atoms with van der Waals surface area (Å²) in [6, 6.07) is 0. The Balaban J connectivity index is 1.97. The molecule has 0 aromatic carbocycles. The van der Waals surface area contributed by atoms with Gasteiger partial charge in [0, 0.05) is 0 Å². The molecule has 2 rings (SSSR count). The fraction of sp³-hybridized carbons (Fsp3) is 0.636. The summed E-state index contributed by atoms with van der Waals surface area (Å²) < 4.78 is 5.47. The van der Waals surface area contributed by atoms with Crippen molar-refractivity contribution in [2.45, 2.75) is 83.1 Å². The number of rotatable bonds is 9. The van der Waals surface area contributed by atoms with E-state index >= 15 is 0 Å². The third-order valence-corrected chi connectivity index (χ3v) is 5.59. The summed E-state index contributed by atoms with van der Waals surface area (Å²) in [6.07, 6.45) is 4.41. The van der Waals surface area contributed by atoms with E-state index in [-0.39, 0.29) is 12.2 Å². The average molecular weight is 395 g/mol. The van der Waals surface area contributed by atoms with Crippen LogP contribution in [0.1, 0.15) is 47.0 Å². The highest BCUT2D eigenvalue weighted by molar-refractivity contribution is 5.35. The van der Waals surface area contributed by atoms with Crippen LogP contribution in [0, 0.1) is 0 Å². The summed E-state index contributed by atoms with van der Waals surface area (Å²) in [6.45, 7) is 7.51. The van der Waals surface area contributed by atoms with Crippen LogP contribution in [0.4, 0.5) is 0 Å². The van der Waals surface area contributed by atoms with Crippen LogP contribution in [0.3, 0.4) is 0 Å². The Kier molecular flexibility index (Phi) is 7.79. The molecule has 0 saturated carbocycles. The highest BCUT2D eigenvalue weighted by atomic mass is 16.6. The number of ether oxygens (including phenoxy) is 1. The number of aliphatic hydroxyl groups is 5. The molecule has 0 unspecified atom stereocenters. The van der Waals surface area contributed by atoms with Gasteiger partial charge in [-0.25, -0.2) is 0 Å². The molecule has 1 fully saturated rings. The van der Waals surface area contributed by atoms with Crippen LogP contribution in [0.15, 0.2) is 46.6 Å². The second-order valence-corrected chi connectivity index (χ2v) is 8.16. The van der Waals surface area contributed by atoms with Crippen molar-refractivity contribution >= 4 is 0 Å². The molecule has 6 heteroatoms. The van der Waals surface area contributed by atoms with Crippen LogP contribution in [0.25, 0.3) is 0 Å². The first-order valence-electron chi connectivity index (χ1n) is 9.82. The van der Waals surface area contributed by atoms with E-state index in [1.54, 1.807) is 6.92 Å². The van der Waals surface area contributed by atoms with E-state index in [4.69, 9.17) is 4.74 Å². The summed E-state index contributed by atoms with van der Waals surface area (Å²) in [5, 5.41) is 50.7. The minimum atomic E-state index is -1.32. The molecule has 0 bridgehead atoms. The number of hydrogen-bond acceptors (Lipinski definition) is 6. The molecule has 1 aliphatic carbocycles. The molecular formula is C22H34O6. The summed E-state index contributed by atoms with van der Waals surface area (Å²) in [4.78, 5) is 0. The number of epoxide rings is 1. The van der Waals surface area contributed by atoms with E-state index in [9.17, 15) is 25.5 Å². The second kappa shape index (κ2) is 9.48. The zero-order valence-corrected chi connectivity index (χ0v) is 17.2. The minimum absolute atomic E-state index is 0.285. The Labute approximate surface area is 167 Å². The molecule has 1 aliphatic heterocycles. The van der Waals surface area contributed by atoms with Gasteiger partial charge in [-0.15, -0.1) is 0 Å². The van der Waals surface area contributed by atoms with Gasteiger partial charge < -0.3 is 30.3 Å². The fourth-order valence-electron chi connectivity index (χ4n) is 3.60. The average Bonchev–Trinajstić information content (AvgIpc) is 3.40. The lowest BCUT2D eigenvalue weighted by Gasteiger charge is -2.28. The first-order valence-corrected chi connectivity index (χ1v) is 9.82. The molecule has 0 aromatic heterocycles. The largest absolute Gasteiger partial charge is 0.392 e. The van der Waals surface area contributed by atoms with Crippen molar-refractivity contribution in [1.29, 1.82) is 0 Å². The summed E-state index contributed by atoms with van der Waals surface area (Å²) in [5.74, 6) is 0. The first-order chi connectivity index (χ1) is 13.1. The maximum absolute atomic E-state index is 10.6. The molecule has 1 saturated heterocycles. The lowest BCUT2D eigenvalue weighted by atomic mass is 9.81. The van der Waals surface area contributed by atoms with Gasteiger partial charge in [-0.3, -0.25) is 0 Å². The van der Waals surface area contributed by atoms with Crippen molar-refractivity contribution < 1.29 is 30.3 Å². The molecule has 1 heterocycles. The fourth-order valence-corrected chi connectivity index (χ4v) is 3.60. The van der Waals surface area contributed by atoms with Crippen molar-refractivity contribution in [2.75, 3.05) is 6.61 Å². The summed E-state index contributed by atoms with van der Waals surface area (Å²) in [7, 11) is 0. The van der Waals surface area contributed by atoms with Gasteiger partial charge in [-0.05, 0) is 64.2 Å². The molecule has 28 heavy (non-hydrogen) atoms. The van der Waals surface area contributed by atoms with Crippen LogP contribution in [0.5, 0.6) is 0 Å². The van der Waals surface area contributed by atoms with E-state index < -0.39 is 36.1 Å². The van der Waals surface area contributed by atoms with Gasteiger partial charge in [0.15, 0.2) is 5.60 Å². The molecule has 6 atom stereocenters. The van der Waals surface area contributed by atoms with Crippen molar-refractivity contribution in [3.05, 3.63) is 46.6 Å². The molecular weight excluding hydrogens is 360 g/mol. The third-order valence-electron chi connectivity index (χ3n) is 5.59. The molecule has 158 valence electrons. The number of allylic oxidation sites excluding steroid dienone is 3.